The van der Waals surface area contributed by atoms with E-state index in [-0.39, 0.29) is 17.9 Å². The Hall–Kier alpha value is -3.49. The van der Waals surface area contributed by atoms with Crippen LogP contribution in [0.4, 0.5) is 0 Å². The molecule has 1 aromatic rings. The Morgan fingerprint density at radius 3 is 2.53 bits per heavy atom. The number of allylic oxidation sites excluding steroid dienone is 4. The number of carbonyl (C=O) groups excluding carboxylic acids is 1. The molecule has 1 amide bonds. The Kier molecular flexibility index (Phi) is 18.1. The van der Waals surface area contributed by atoms with Crippen molar-refractivity contribution in [2.75, 3.05) is 53.4 Å². The number of amidine groups is 1. The number of aliphatic imine (C=N–C) groups is 2. The minimum Gasteiger partial charge on any atom is -0.368 e. The van der Waals surface area contributed by atoms with Crippen molar-refractivity contribution in [3.05, 3.63) is 76.5 Å². The molecule has 1 aliphatic rings. The molecule has 0 heterocycles. The molecule has 4 N–H and O–H groups in total. The molecule has 0 bridgehead atoms. The van der Waals surface area contributed by atoms with Gasteiger partial charge in [-0.05, 0) is 93.4 Å². The number of hydrogen-bond donors (Lipinski definition) is 3. The number of rotatable bonds is 20. The van der Waals surface area contributed by atoms with Crippen molar-refractivity contribution in [3.8, 4) is 0 Å². The summed E-state index contributed by atoms with van der Waals surface area (Å²) in [6.07, 6.45) is 13.5. The van der Waals surface area contributed by atoms with Gasteiger partial charge in [-0.25, -0.2) is 0 Å². The van der Waals surface area contributed by atoms with Crippen LogP contribution in [0.15, 0.2) is 69.8 Å². The van der Waals surface area contributed by atoms with Crippen LogP contribution >= 0.6 is 0 Å². The van der Waals surface area contributed by atoms with Gasteiger partial charge < -0.3 is 26.2 Å². The smallest absolute Gasteiger partial charge is 0.220 e. The van der Waals surface area contributed by atoms with Crippen LogP contribution in [-0.4, -0.2) is 87.2 Å². The molecule has 1 aliphatic carbocycles. The first-order chi connectivity index (χ1) is 22.6. The normalized spacial score (nSPS) is 15.4. The Bertz CT molecular complexity index is 1310. The van der Waals surface area contributed by atoms with Gasteiger partial charge in [-0.2, -0.15) is 0 Å². The number of nitrogens with one attached hydrogen (secondary N) is 2. The van der Waals surface area contributed by atoms with E-state index in [0.717, 1.165) is 56.9 Å². The Morgan fingerprint density at radius 1 is 1.13 bits per heavy atom. The second-order valence-electron chi connectivity index (χ2n) is 12.8. The molecule has 0 aliphatic heterocycles. The van der Waals surface area contributed by atoms with Gasteiger partial charge in [-0.1, -0.05) is 76.3 Å². The van der Waals surface area contributed by atoms with Crippen molar-refractivity contribution >= 4 is 23.5 Å². The Balaban J connectivity index is 2.18. The third-order valence-electron chi connectivity index (χ3n) is 8.69. The van der Waals surface area contributed by atoms with Crippen molar-refractivity contribution in [2.24, 2.45) is 21.6 Å². The number of benzene rings is 1. The highest BCUT2D eigenvalue weighted by Crippen LogP contribution is 2.34. The molecule has 0 spiro atoms. The van der Waals surface area contributed by atoms with Gasteiger partial charge in [0.25, 0.3) is 0 Å². The maximum absolute atomic E-state index is 11.8. The highest BCUT2D eigenvalue weighted by Gasteiger charge is 2.18. The zero-order valence-corrected chi connectivity index (χ0v) is 30.7. The minimum atomic E-state index is 0.0314. The quantitative estimate of drug-likeness (QED) is 0.0898. The molecular weight excluding hydrogens is 582 g/mol. The molecule has 0 fully saturated rings. The van der Waals surface area contributed by atoms with Crippen LogP contribution in [0.1, 0.15) is 83.9 Å². The van der Waals surface area contributed by atoms with Crippen LogP contribution in [-0.2, 0) is 17.8 Å². The first kappa shape index (κ1) is 39.7. The SMILES string of the molecule is C=C(CNC(=O)CC)N(CCC)CC(=NC)NCc1ccc2c(c1)CCC(C)=C2/C=C(/C=C\C(C)N=CCN(C)CCC)C(C)CN. The van der Waals surface area contributed by atoms with Crippen LogP contribution in [0.25, 0.3) is 5.57 Å². The number of aryl methyl sites for hydroxylation is 1. The van der Waals surface area contributed by atoms with Gasteiger partial charge in [0.15, 0.2) is 0 Å². The molecule has 0 saturated carbocycles. The molecule has 1 aromatic carbocycles. The van der Waals surface area contributed by atoms with Gasteiger partial charge in [-0.15, -0.1) is 0 Å². The molecule has 0 radical (unpaired) electrons. The van der Waals surface area contributed by atoms with Crippen molar-refractivity contribution in [1.29, 1.82) is 0 Å². The van der Waals surface area contributed by atoms with E-state index >= 15 is 0 Å². The summed E-state index contributed by atoms with van der Waals surface area (Å²) in [5.74, 6) is 1.17. The summed E-state index contributed by atoms with van der Waals surface area (Å²) in [5, 5.41) is 6.50. The molecule has 2 unspecified atom stereocenters. The average Bonchev–Trinajstić information content (AvgIpc) is 3.07. The molecule has 0 saturated heterocycles. The second kappa shape index (κ2) is 21.4. The van der Waals surface area contributed by atoms with Gasteiger partial charge in [-0.3, -0.25) is 14.8 Å². The fourth-order valence-corrected chi connectivity index (χ4v) is 5.54. The lowest BCUT2D eigenvalue weighted by atomic mass is 9.83. The summed E-state index contributed by atoms with van der Waals surface area (Å²) >= 11 is 0. The molecule has 8 nitrogen and oxygen atoms in total. The highest BCUT2D eigenvalue weighted by molar-refractivity contribution is 5.84. The lowest BCUT2D eigenvalue weighted by Crippen LogP contribution is -2.40. The van der Waals surface area contributed by atoms with Crippen LogP contribution < -0.4 is 16.4 Å². The number of fused-ring (bicyclic) bond motifs is 1. The third-order valence-corrected chi connectivity index (χ3v) is 8.69. The summed E-state index contributed by atoms with van der Waals surface area (Å²) in [6.45, 7) is 22.2. The lowest BCUT2D eigenvalue weighted by Gasteiger charge is -2.27. The zero-order valence-electron chi connectivity index (χ0n) is 30.7. The van der Waals surface area contributed by atoms with E-state index in [9.17, 15) is 4.79 Å². The lowest BCUT2D eigenvalue weighted by molar-refractivity contribution is -0.120. The van der Waals surface area contributed by atoms with Gasteiger partial charge >= 0.3 is 0 Å². The van der Waals surface area contributed by atoms with Crippen LogP contribution in [0.5, 0.6) is 0 Å². The van der Waals surface area contributed by atoms with E-state index in [1.807, 2.05) is 20.2 Å². The number of hydrogen-bond acceptors (Lipinski definition) is 6. The van der Waals surface area contributed by atoms with Gasteiger partial charge in [0.2, 0.25) is 5.91 Å². The van der Waals surface area contributed by atoms with E-state index in [4.69, 9.17) is 10.7 Å². The van der Waals surface area contributed by atoms with Gasteiger partial charge in [0, 0.05) is 45.0 Å². The van der Waals surface area contributed by atoms with E-state index in [2.05, 4.69) is 110 Å². The maximum atomic E-state index is 11.8. The molecule has 0 aromatic heterocycles. The molecule has 260 valence electrons. The second-order valence-corrected chi connectivity index (χ2v) is 12.8. The summed E-state index contributed by atoms with van der Waals surface area (Å²) in [4.78, 5) is 25.5. The summed E-state index contributed by atoms with van der Waals surface area (Å²) < 4.78 is 0. The van der Waals surface area contributed by atoms with Crippen molar-refractivity contribution < 1.29 is 4.79 Å². The monoisotopic (exact) mass is 646 g/mol. The average molecular weight is 646 g/mol. The number of carbonyl (C=O) groups is 1. The maximum Gasteiger partial charge on any atom is 0.220 e. The topological polar surface area (TPSA) is 98.3 Å². The van der Waals surface area contributed by atoms with E-state index in [1.165, 1.54) is 33.4 Å². The summed E-state index contributed by atoms with van der Waals surface area (Å²) in [5.41, 5.74) is 14.9. The van der Waals surface area contributed by atoms with E-state index in [0.29, 0.717) is 32.6 Å². The Labute approximate surface area is 286 Å². The molecule has 2 atom stereocenters. The van der Waals surface area contributed by atoms with Crippen LogP contribution in [0, 0.1) is 5.92 Å². The number of nitrogens with zero attached hydrogens (tertiary/aromatic N) is 4. The minimum absolute atomic E-state index is 0.0314. The van der Waals surface area contributed by atoms with E-state index < -0.39 is 0 Å². The molecule has 47 heavy (non-hydrogen) atoms. The first-order valence-electron chi connectivity index (χ1n) is 17.6. The third kappa shape index (κ3) is 13.6. The molecule has 8 heteroatoms. The number of nitrogens with two attached hydrogens (primary N) is 1. The van der Waals surface area contributed by atoms with Crippen molar-refractivity contribution in [2.45, 2.75) is 86.2 Å². The molecular formula is C39H63N7O. The first-order valence-corrected chi connectivity index (χ1v) is 17.6. The Morgan fingerprint density at radius 2 is 1.87 bits per heavy atom. The van der Waals surface area contributed by atoms with E-state index in [1.54, 1.807) is 0 Å². The predicted octanol–water partition coefficient (Wildman–Crippen LogP) is 6.15. The fourth-order valence-electron chi connectivity index (χ4n) is 5.54. The summed E-state index contributed by atoms with van der Waals surface area (Å²) in [6, 6.07) is 6.95. The van der Waals surface area contributed by atoms with Gasteiger partial charge in [0.1, 0.15) is 5.84 Å². The van der Waals surface area contributed by atoms with Crippen molar-refractivity contribution in [3.63, 3.8) is 0 Å². The summed E-state index contributed by atoms with van der Waals surface area (Å²) in [7, 11) is 3.95. The predicted molar refractivity (Wildman–Crippen MR) is 203 cm³/mol. The van der Waals surface area contributed by atoms with Gasteiger partial charge in [0.05, 0.1) is 19.1 Å². The van der Waals surface area contributed by atoms with Crippen molar-refractivity contribution in [1.82, 2.24) is 20.4 Å². The zero-order chi connectivity index (χ0) is 34.8. The van der Waals surface area contributed by atoms with Crippen LogP contribution in [0.2, 0.25) is 0 Å². The molecule has 2 rings (SSSR count). The largest absolute Gasteiger partial charge is 0.368 e. The number of amides is 1. The standard InChI is InChI=1S/C39H63N7O/c1-10-20-45(9)22-19-42-31(6)14-17-34(30(5)25-40)24-37-29(4)13-16-35-23-33(15-18-36(35)37)27-43-38(41-8)28-46(21-11-2)32(7)26-44-39(47)12-3/h14-15,17-19,23-24,30-31H,7,10-13,16,20-22,25-28,40H2,1-6,8-9H3,(H,41,43)(H,44,47)/b17-14-,34-24-,42-19?. The van der Waals surface area contributed by atoms with Crippen LogP contribution in [0.3, 0.4) is 0 Å². The fraction of sp³-hybridized carbons (Fsp3) is 0.564. The highest BCUT2D eigenvalue weighted by atomic mass is 16.1.